The maximum Gasteiger partial charge on any atom is 0.136 e. The number of allylic oxidation sites excluding steroid dienone is 3. The van der Waals surface area contributed by atoms with Gasteiger partial charge in [0.05, 0.1) is 11.9 Å². The second-order valence-electron chi connectivity index (χ2n) is 3.17. The highest BCUT2D eigenvalue weighted by Crippen LogP contribution is 2.17. The lowest BCUT2D eigenvalue weighted by Gasteiger charge is -2.02. The molecule has 2 nitrogen and oxygen atoms in total. The van der Waals surface area contributed by atoms with Crippen LogP contribution in [0.3, 0.4) is 0 Å². The van der Waals surface area contributed by atoms with E-state index < -0.39 is 0 Å². The lowest BCUT2D eigenvalue weighted by atomic mass is 10.3. The SMILES string of the molecule is C=C(C)c1cnc2n1C=CCC=C2.CC. The fourth-order valence-electron chi connectivity index (χ4n) is 1.39. The maximum atomic E-state index is 4.30. The average molecular weight is 202 g/mol. The Balaban J connectivity index is 0.000000531. The molecule has 0 N–H and O–H groups in total. The second kappa shape index (κ2) is 5.35. The molecule has 0 bridgehead atoms. The third-order valence-electron chi connectivity index (χ3n) is 2.06. The molecule has 0 unspecified atom stereocenters. The summed E-state index contributed by atoms with van der Waals surface area (Å²) >= 11 is 0. The van der Waals surface area contributed by atoms with Crippen LogP contribution in [-0.2, 0) is 0 Å². The molecule has 1 aliphatic heterocycles. The molecule has 2 heteroatoms. The van der Waals surface area contributed by atoms with Gasteiger partial charge in [-0.25, -0.2) is 4.98 Å². The number of nitrogens with zero attached hydrogens (tertiary/aromatic N) is 2. The molecule has 0 fully saturated rings. The summed E-state index contributed by atoms with van der Waals surface area (Å²) in [6.07, 6.45) is 11.1. The van der Waals surface area contributed by atoms with Gasteiger partial charge in [0, 0.05) is 6.20 Å². The molecule has 1 aromatic rings. The van der Waals surface area contributed by atoms with E-state index in [2.05, 4.69) is 28.3 Å². The quantitative estimate of drug-likeness (QED) is 0.676. The summed E-state index contributed by atoms with van der Waals surface area (Å²) in [6, 6.07) is 0. The van der Waals surface area contributed by atoms with Crippen LogP contribution < -0.4 is 0 Å². The Morgan fingerprint density at radius 3 is 2.80 bits per heavy atom. The highest BCUT2D eigenvalue weighted by molar-refractivity contribution is 5.63. The minimum atomic E-state index is 0.971. The van der Waals surface area contributed by atoms with Gasteiger partial charge in [-0.1, -0.05) is 32.6 Å². The molecule has 1 aliphatic rings. The molecule has 2 heterocycles. The molecular formula is C13H18N2. The van der Waals surface area contributed by atoms with Crippen molar-refractivity contribution in [2.24, 2.45) is 0 Å². The molecule has 1 aromatic heterocycles. The van der Waals surface area contributed by atoms with Crippen LogP contribution in [0.1, 0.15) is 38.7 Å². The molecular weight excluding hydrogens is 184 g/mol. The lowest BCUT2D eigenvalue weighted by Crippen LogP contribution is -1.93. The zero-order valence-electron chi connectivity index (χ0n) is 9.70. The van der Waals surface area contributed by atoms with Gasteiger partial charge in [0.25, 0.3) is 0 Å². The van der Waals surface area contributed by atoms with Gasteiger partial charge < -0.3 is 4.57 Å². The predicted molar refractivity (Wildman–Crippen MR) is 67.3 cm³/mol. The van der Waals surface area contributed by atoms with Gasteiger partial charge in [0.15, 0.2) is 0 Å². The Kier molecular flexibility index (Phi) is 4.10. The van der Waals surface area contributed by atoms with E-state index in [4.69, 9.17) is 0 Å². The fourth-order valence-corrected chi connectivity index (χ4v) is 1.39. The number of hydrogen-bond acceptors (Lipinski definition) is 1. The summed E-state index contributed by atoms with van der Waals surface area (Å²) in [5.74, 6) is 0.978. The summed E-state index contributed by atoms with van der Waals surface area (Å²) in [4.78, 5) is 4.30. The van der Waals surface area contributed by atoms with E-state index in [1.165, 1.54) is 0 Å². The minimum Gasteiger partial charge on any atom is -0.300 e. The van der Waals surface area contributed by atoms with Crippen molar-refractivity contribution >= 4 is 17.8 Å². The number of fused-ring (bicyclic) bond motifs is 1. The number of rotatable bonds is 1. The Morgan fingerprint density at radius 1 is 1.40 bits per heavy atom. The van der Waals surface area contributed by atoms with Crippen LogP contribution in [0.15, 0.2) is 24.9 Å². The van der Waals surface area contributed by atoms with Gasteiger partial charge >= 0.3 is 0 Å². The Labute approximate surface area is 91.7 Å². The highest BCUT2D eigenvalue weighted by atomic mass is 15.1. The molecule has 0 radical (unpaired) electrons. The number of aromatic nitrogens is 2. The summed E-state index contributed by atoms with van der Waals surface area (Å²) in [7, 11) is 0. The smallest absolute Gasteiger partial charge is 0.136 e. The van der Waals surface area contributed by atoms with Crippen molar-refractivity contribution in [2.45, 2.75) is 27.2 Å². The molecule has 0 spiro atoms. The molecule has 80 valence electrons. The number of imidazole rings is 1. The first-order valence-corrected chi connectivity index (χ1v) is 5.35. The van der Waals surface area contributed by atoms with E-state index in [9.17, 15) is 0 Å². The third-order valence-corrected chi connectivity index (χ3v) is 2.06. The minimum absolute atomic E-state index is 0.971. The van der Waals surface area contributed by atoms with E-state index in [-0.39, 0.29) is 0 Å². The van der Waals surface area contributed by atoms with Crippen LogP contribution in [0.5, 0.6) is 0 Å². The molecule has 0 aliphatic carbocycles. The van der Waals surface area contributed by atoms with Crippen LogP contribution in [-0.4, -0.2) is 9.55 Å². The Morgan fingerprint density at radius 2 is 2.13 bits per heavy atom. The largest absolute Gasteiger partial charge is 0.300 e. The molecule has 0 amide bonds. The molecule has 0 saturated carbocycles. The first kappa shape index (κ1) is 11.5. The summed E-state index contributed by atoms with van der Waals surface area (Å²) in [6.45, 7) is 9.91. The first-order chi connectivity index (χ1) is 7.29. The van der Waals surface area contributed by atoms with Crippen LogP contribution in [0, 0.1) is 0 Å². The average Bonchev–Trinajstić information content (AvgIpc) is 2.51. The van der Waals surface area contributed by atoms with Crippen molar-refractivity contribution in [3.05, 3.63) is 36.4 Å². The van der Waals surface area contributed by atoms with Crippen molar-refractivity contribution < 1.29 is 0 Å². The summed E-state index contributed by atoms with van der Waals surface area (Å²) < 4.78 is 2.06. The van der Waals surface area contributed by atoms with Crippen molar-refractivity contribution in [3.8, 4) is 0 Å². The van der Waals surface area contributed by atoms with Crippen LogP contribution >= 0.6 is 0 Å². The van der Waals surface area contributed by atoms with Crippen LogP contribution in [0.4, 0.5) is 0 Å². The van der Waals surface area contributed by atoms with E-state index in [1.54, 1.807) is 0 Å². The van der Waals surface area contributed by atoms with Gasteiger partial charge in [-0.15, -0.1) is 0 Å². The predicted octanol–water partition coefficient (Wildman–Crippen LogP) is 3.83. The second-order valence-corrected chi connectivity index (χ2v) is 3.17. The fraction of sp³-hybridized carbons (Fsp3) is 0.308. The van der Waals surface area contributed by atoms with Crippen molar-refractivity contribution in [1.29, 1.82) is 0 Å². The lowest BCUT2D eigenvalue weighted by molar-refractivity contribution is 1.09. The summed E-state index contributed by atoms with van der Waals surface area (Å²) in [5.41, 5.74) is 2.12. The third kappa shape index (κ3) is 2.46. The zero-order chi connectivity index (χ0) is 11.3. The zero-order valence-corrected chi connectivity index (χ0v) is 9.70. The highest BCUT2D eigenvalue weighted by Gasteiger charge is 2.06. The van der Waals surface area contributed by atoms with E-state index in [0.29, 0.717) is 0 Å². The van der Waals surface area contributed by atoms with Crippen molar-refractivity contribution in [1.82, 2.24) is 9.55 Å². The topological polar surface area (TPSA) is 17.8 Å². The van der Waals surface area contributed by atoms with Gasteiger partial charge in [-0.2, -0.15) is 0 Å². The molecule has 0 aromatic carbocycles. The van der Waals surface area contributed by atoms with Gasteiger partial charge in [0.2, 0.25) is 0 Å². The first-order valence-electron chi connectivity index (χ1n) is 5.35. The van der Waals surface area contributed by atoms with Crippen LogP contribution in [0.2, 0.25) is 0 Å². The standard InChI is InChI=1S/C11H12N2.C2H6/c1-9(2)10-8-12-11-6-4-3-5-7-13(10)11;1-2/h4-8H,1,3H2,2H3;1-2H3. The van der Waals surface area contributed by atoms with Gasteiger partial charge in [-0.05, 0) is 25.0 Å². The summed E-state index contributed by atoms with van der Waals surface area (Å²) in [5, 5.41) is 0. The monoisotopic (exact) mass is 202 g/mol. The molecule has 2 rings (SSSR count). The molecule has 0 atom stereocenters. The normalized spacial score (nSPS) is 12.5. The van der Waals surface area contributed by atoms with E-state index >= 15 is 0 Å². The van der Waals surface area contributed by atoms with Gasteiger partial charge in [-0.3, -0.25) is 0 Å². The van der Waals surface area contributed by atoms with E-state index in [0.717, 1.165) is 23.5 Å². The number of hydrogen-bond donors (Lipinski definition) is 0. The van der Waals surface area contributed by atoms with Crippen molar-refractivity contribution in [3.63, 3.8) is 0 Å². The van der Waals surface area contributed by atoms with Crippen molar-refractivity contribution in [2.75, 3.05) is 0 Å². The van der Waals surface area contributed by atoms with Gasteiger partial charge in [0.1, 0.15) is 5.82 Å². The maximum absolute atomic E-state index is 4.30. The van der Waals surface area contributed by atoms with Crippen LogP contribution in [0.25, 0.3) is 17.8 Å². The van der Waals surface area contributed by atoms with E-state index in [1.807, 2.05) is 39.2 Å². The Bertz CT molecular complexity index is 395. The molecule has 15 heavy (non-hydrogen) atoms. The Hall–Kier alpha value is -1.57. The molecule has 0 saturated heterocycles.